The van der Waals surface area contributed by atoms with Crippen LogP contribution in [-0.4, -0.2) is 48.9 Å². The maximum atomic E-state index is 14.3. The molecule has 1 unspecified atom stereocenters. The van der Waals surface area contributed by atoms with Gasteiger partial charge in [0.15, 0.2) is 0 Å². The number of esters is 3. The molecule has 9 nitrogen and oxygen atoms in total. The Balaban J connectivity index is 1.56. The number of aliphatic hydroxyl groups excluding tert-OH is 1. The zero-order chi connectivity index (χ0) is 43.3. The molecule has 0 aliphatic heterocycles. The zero-order valence-corrected chi connectivity index (χ0v) is 33.1. The molecule has 3 rings (SSSR count). The Bertz CT molecular complexity index is 1760. The molecule has 3 aromatic carbocycles. The molecule has 15 heteroatoms. The van der Waals surface area contributed by atoms with Crippen molar-refractivity contribution >= 4 is 17.9 Å². The number of aliphatic hydroxyl groups is 1. The summed E-state index contributed by atoms with van der Waals surface area (Å²) in [7, 11) is 0. The molecule has 1 N–H and O–H groups in total. The molecule has 0 bridgehead atoms. The van der Waals surface area contributed by atoms with E-state index in [9.17, 15) is 45.8 Å². The highest BCUT2D eigenvalue weighted by Gasteiger charge is 2.49. The summed E-state index contributed by atoms with van der Waals surface area (Å²) in [5.74, 6) is -5.48. The summed E-state index contributed by atoms with van der Waals surface area (Å²) < 4.78 is 112. The minimum atomic E-state index is -5.69. The molecule has 0 spiro atoms. The van der Waals surface area contributed by atoms with Crippen molar-refractivity contribution in [3.63, 3.8) is 0 Å². The van der Waals surface area contributed by atoms with Gasteiger partial charge < -0.3 is 28.8 Å². The van der Waals surface area contributed by atoms with Crippen LogP contribution < -0.4 is 18.9 Å². The number of hydrogen-bond donors (Lipinski definition) is 1. The van der Waals surface area contributed by atoms with Crippen LogP contribution in [0.1, 0.15) is 129 Å². The van der Waals surface area contributed by atoms with Crippen molar-refractivity contribution in [2.45, 2.75) is 115 Å². The number of hydrogen-bond acceptors (Lipinski definition) is 9. The highest BCUT2D eigenvalue weighted by Crippen LogP contribution is 2.49. The zero-order valence-electron chi connectivity index (χ0n) is 33.1. The largest absolute Gasteiger partial charge is 0.494 e. The van der Waals surface area contributed by atoms with Crippen molar-refractivity contribution in [3.8, 4) is 23.0 Å². The summed E-state index contributed by atoms with van der Waals surface area (Å²) in [6.45, 7) is 6.03. The Kier molecular flexibility index (Phi) is 20.3. The minimum absolute atomic E-state index is 0.120. The van der Waals surface area contributed by atoms with Crippen LogP contribution in [0.15, 0.2) is 73.3 Å². The van der Waals surface area contributed by atoms with Gasteiger partial charge in [-0.15, -0.1) is 0 Å². The molecule has 1 atom stereocenters. The standard InChI is InChI=1S/C44H52F6O9/c1-3-5-6-7-8-9-10-12-15-28-55-34-22-18-31(19-23-34)41(53)58-36-26-27-37(40(44(48,49)50)39(36)43(45,46)47)59-42(54)32-20-24-35(25-21-32)56-29-16-13-11-14-17-33(51)30-57-38(52)4-2/h4,18-27,33,51H,2-3,5-17,28-30H2,1H3. The first-order chi connectivity index (χ1) is 28.1. The van der Waals surface area contributed by atoms with Gasteiger partial charge in [-0.1, -0.05) is 84.1 Å². The summed E-state index contributed by atoms with van der Waals surface area (Å²) >= 11 is 0. The molecule has 0 amide bonds. The number of alkyl halides is 6. The smallest absolute Gasteiger partial charge is 0.420 e. The SMILES string of the molecule is C=CC(=O)OCC(O)CCCCCCOc1ccc(C(=O)Oc2ccc(OC(=O)c3ccc(OCCCCCCCCCCC)cc3)c(C(F)(F)F)c2C(F)(F)F)cc1. The van der Waals surface area contributed by atoms with Gasteiger partial charge in [0, 0.05) is 6.08 Å². The van der Waals surface area contributed by atoms with E-state index in [4.69, 9.17) is 23.7 Å². The Morgan fingerprint density at radius 3 is 1.39 bits per heavy atom. The number of benzene rings is 3. The van der Waals surface area contributed by atoms with Crippen molar-refractivity contribution in [3.05, 3.63) is 95.6 Å². The van der Waals surface area contributed by atoms with Gasteiger partial charge in [-0.2, -0.15) is 26.3 Å². The van der Waals surface area contributed by atoms with Crippen molar-refractivity contribution in [1.29, 1.82) is 0 Å². The monoisotopic (exact) mass is 838 g/mol. The molecule has 0 aliphatic rings. The van der Waals surface area contributed by atoms with E-state index in [1.54, 1.807) is 0 Å². The first-order valence-electron chi connectivity index (χ1n) is 19.8. The summed E-state index contributed by atoms with van der Waals surface area (Å²) in [6.07, 6.45) is 2.30. The lowest BCUT2D eigenvalue weighted by molar-refractivity contribution is -0.163. The number of halogens is 6. The molecule has 324 valence electrons. The van der Waals surface area contributed by atoms with Gasteiger partial charge in [-0.25, -0.2) is 14.4 Å². The lowest BCUT2D eigenvalue weighted by Gasteiger charge is -2.21. The third-order valence-electron chi connectivity index (χ3n) is 9.08. The van der Waals surface area contributed by atoms with Crippen molar-refractivity contribution in [1.82, 2.24) is 0 Å². The second-order valence-corrected chi connectivity index (χ2v) is 13.9. The fraction of sp³-hybridized carbons (Fsp3) is 0.477. The van der Waals surface area contributed by atoms with Gasteiger partial charge in [0.1, 0.15) is 40.7 Å². The molecular formula is C44H52F6O9. The van der Waals surface area contributed by atoms with Crippen LogP contribution in [0.4, 0.5) is 26.3 Å². The lowest BCUT2D eigenvalue weighted by Crippen LogP contribution is -2.22. The van der Waals surface area contributed by atoms with Crippen molar-refractivity contribution < 1.29 is 69.5 Å². The second-order valence-electron chi connectivity index (χ2n) is 13.9. The van der Waals surface area contributed by atoms with Crippen LogP contribution >= 0.6 is 0 Å². The number of carbonyl (C=O) groups is 3. The third-order valence-corrected chi connectivity index (χ3v) is 9.08. The Labute approximate surface area is 340 Å². The second kappa shape index (κ2) is 24.8. The van der Waals surface area contributed by atoms with Crippen LogP contribution in [0.3, 0.4) is 0 Å². The average molecular weight is 839 g/mol. The summed E-state index contributed by atoms with van der Waals surface area (Å²) in [5, 5.41) is 9.83. The van der Waals surface area contributed by atoms with Crippen LogP contribution in [-0.2, 0) is 21.9 Å². The van der Waals surface area contributed by atoms with Gasteiger partial charge >= 0.3 is 30.3 Å². The van der Waals surface area contributed by atoms with E-state index in [1.165, 1.54) is 80.6 Å². The predicted molar refractivity (Wildman–Crippen MR) is 208 cm³/mol. The van der Waals surface area contributed by atoms with Crippen molar-refractivity contribution in [2.24, 2.45) is 0 Å². The van der Waals surface area contributed by atoms with E-state index in [0.29, 0.717) is 49.5 Å². The fourth-order valence-electron chi connectivity index (χ4n) is 5.94. The molecule has 0 radical (unpaired) electrons. The molecule has 0 aromatic heterocycles. The number of rotatable bonds is 26. The summed E-state index contributed by atoms with van der Waals surface area (Å²) in [6, 6.07) is 11.3. The highest BCUT2D eigenvalue weighted by atomic mass is 19.4. The number of ether oxygens (including phenoxy) is 5. The molecule has 0 fully saturated rings. The Hall–Kier alpha value is -5.05. The van der Waals surface area contributed by atoms with E-state index in [-0.39, 0.29) is 24.3 Å². The predicted octanol–water partition coefficient (Wildman–Crippen LogP) is 11.5. The number of carbonyl (C=O) groups excluding carboxylic acids is 3. The lowest BCUT2D eigenvalue weighted by atomic mass is 10.0. The molecule has 0 aliphatic carbocycles. The summed E-state index contributed by atoms with van der Waals surface area (Å²) in [5.41, 5.74) is -5.18. The first kappa shape index (κ1) is 48.3. The van der Waals surface area contributed by atoms with E-state index >= 15 is 0 Å². The molecule has 59 heavy (non-hydrogen) atoms. The van der Waals surface area contributed by atoms with Crippen LogP contribution in [0.2, 0.25) is 0 Å². The average Bonchev–Trinajstić information content (AvgIpc) is 3.20. The van der Waals surface area contributed by atoms with Crippen LogP contribution in [0.5, 0.6) is 23.0 Å². The van der Waals surface area contributed by atoms with Gasteiger partial charge in [-0.3, -0.25) is 0 Å². The topological polar surface area (TPSA) is 118 Å². The number of unbranched alkanes of at least 4 members (excludes halogenated alkanes) is 11. The van der Waals surface area contributed by atoms with E-state index in [2.05, 4.69) is 13.5 Å². The van der Waals surface area contributed by atoms with E-state index in [1.807, 2.05) is 0 Å². The maximum Gasteiger partial charge on any atom is 0.420 e. The highest BCUT2D eigenvalue weighted by molar-refractivity contribution is 5.92. The first-order valence-corrected chi connectivity index (χ1v) is 19.8. The Morgan fingerprint density at radius 2 is 1.00 bits per heavy atom. The molecule has 0 heterocycles. The molecule has 0 saturated heterocycles. The van der Waals surface area contributed by atoms with E-state index in [0.717, 1.165) is 44.6 Å². The molecular weight excluding hydrogens is 786 g/mol. The van der Waals surface area contributed by atoms with Gasteiger partial charge in [0.2, 0.25) is 0 Å². The minimum Gasteiger partial charge on any atom is -0.494 e. The molecule has 0 saturated carbocycles. The fourth-order valence-corrected chi connectivity index (χ4v) is 5.94. The Morgan fingerprint density at radius 1 is 0.610 bits per heavy atom. The van der Waals surface area contributed by atoms with Crippen LogP contribution in [0.25, 0.3) is 0 Å². The quantitative estimate of drug-likeness (QED) is 0.0277. The van der Waals surface area contributed by atoms with E-state index < -0.39 is 59.0 Å². The van der Waals surface area contributed by atoms with Crippen molar-refractivity contribution in [2.75, 3.05) is 19.8 Å². The van der Waals surface area contributed by atoms with Gasteiger partial charge in [0.05, 0.1) is 30.4 Å². The maximum absolute atomic E-state index is 14.3. The molecule has 3 aromatic rings. The normalized spacial score (nSPS) is 12.1. The summed E-state index contributed by atoms with van der Waals surface area (Å²) in [4.78, 5) is 36.7. The van der Waals surface area contributed by atoms with Gasteiger partial charge in [-0.05, 0) is 79.9 Å². The van der Waals surface area contributed by atoms with Gasteiger partial charge in [0.25, 0.3) is 0 Å². The van der Waals surface area contributed by atoms with Crippen LogP contribution in [0, 0.1) is 0 Å². The third kappa shape index (κ3) is 17.4.